The van der Waals surface area contributed by atoms with Gasteiger partial charge in [0.2, 0.25) is 0 Å². The predicted molar refractivity (Wildman–Crippen MR) is 101 cm³/mol. The van der Waals surface area contributed by atoms with E-state index in [1.54, 1.807) is 0 Å². The minimum atomic E-state index is -3.10. The molecular weight excluding hydrogens is 431 g/mol. The summed E-state index contributed by atoms with van der Waals surface area (Å²) in [5, 5.41) is 11.1. The lowest BCUT2D eigenvalue weighted by Crippen LogP contribution is -2.28. The second-order valence-electron chi connectivity index (χ2n) is 5.74. The third-order valence-corrected chi connectivity index (χ3v) is 4.62. The number of hydrogen-bond acceptors (Lipinski definition) is 6. The molecule has 1 N–H and O–H groups in total. The minimum Gasteiger partial charge on any atom is -0.452 e. The Morgan fingerprint density at radius 2 is 1.86 bits per heavy atom. The number of aromatic nitrogens is 2. The molecule has 1 amide bonds. The smallest absolute Gasteiger partial charge is 0.387 e. The van der Waals surface area contributed by atoms with Crippen LogP contribution in [-0.2, 0) is 0 Å². The van der Waals surface area contributed by atoms with Crippen molar-refractivity contribution in [3.05, 3.63) is 58.6 Å². The molecule has 0 aliphatic rings. The molecule has 0 unspecified atom stereocenters. The number of alkyl halides is 2. The zero-order valence-electron chi connectivity index (χ0n) is 14.1. The number of hydroxylamine groups is 1. The Morgan fingerprint density at radius 3 is 2.55 bits per heavy atom. The highest BCUT2D eigenvalue weighted by atomic mass is 35.5. The van der Waals surface area contributed by atoms with Crippen molar-refractivity contribution in [2.45, 2.75) is 6.61 Å². The number of amides is 1. The molecule has 0 spiro atoms. The van der Waals surface area contributed by atoms with E-state index in [2.05, 4.69) is 14.7 Å². The third-order valence-electron chi connectivity index (χ3n) is 4.06. The molecule has 4 aromatic rings. The highest BCUT2D eigenvalue weighted by Gasteiger charge is 2.27. The number of benzene rings is 1. The Labute approximate surface area is 171 Å². The van der Waals surface area contributed by atoms with Gasteiger partial charge in [-0.1, -0.05) is 23.2 Å². The first-order valence-electron chi connectivity index (χ1n) is 7.95. The van der Waals surface area contributed by atoms with Crippen LogP contribution in [0.4, 0.5) is 14.5 Å². The Bertz CT molecular complexity index is 1230. The van der Waals surface area contributed by atoms with Crippen LogP contribution in [0.3, 0.4) is 0 Å². The Hall–Kier alpha value is -3.01. The van der Waals surface area contributed by atoms with E-state index < -0.39 is 12.5 Å². The average molecular weight is 440 g/mol. The van der Waals surface area contributed by atoms with Gasteiger partial charge in [-0.25, -0.2) is 0 Å². The molecule has 0 fully saturated rings. The minimum absolute atomic E-state index is 0.0685. The fourth-order valence-corrected chi connectivity index (χ4v) is 3.41. The summed E-state index contributed by atoms with van der Waals surface area (Å²) in [6, 6.07) is 3.86. The lowest BCUT2D eigenvalue weighted by atomic mass is 10.1. The summed E-state index contributed by atoms with van der Waals surface area (Å²) in [6.45, 7) is -3.10. The molecule has 0 atom stereocenters. The number of anilines is 1. The number of ether oxygens (including phenoxy) is 1. The molecule has 1 aromatic carbocycles. The second kappa shape index (κ2) is 7.43. The molecule has 3 heterocycles. The molecule has 0 bridgehead atoms. The Morgan fingerprint density at radius 1 is 1.14 bits per heavy atom. The van der Waals surface area contributed by atoms with E-state index in [1.807, 2.05) is 0 Å². The number of fused-ring (bicyclic) bond motifs is 3. The van der Waals surface area contributed by atoms with Gasteiger partial charge in [-0.05, 0) is 18.2 Å². The van der Waals surface area contributed by atoms with Gasteiger partial charge in [-0.15, -0.1) is 0 Å². The van der Waals surface area contributed by atoms with Gasteiger partial charge in [-0.3, -0.25) is 20.0 Å². The maximum absolute atomic E-state index is 13.0. The number of rotatable bonds is 4. The SMILES string of the molecule is O=C(c1ccc(OC(F)F)c2oc3ccncc3c12)N(O)c1c(Cl)cncc1Cl. The fourth-order valence-electron chi connectivity index (χ4n) is 2.89. The monoisotopic (exact) mass is 439 g/mol. The number of halogens is 4. The van der Waals surface area contributed by atoms with Crippen LogP contribution >= 0.6 is 23.2 Å². The highest BCUT2D eigenvalue weighted by molar-refractivity contribution is 6.40. The first-order chi connectivity index (χ1) is 13.9. The van der Waals surface area contributed by atoms with Crippen LogP contribution in [0.5, 0.6) is 5.75 Å². The molecule has 0 saturated carbocycles. The molecule has 4 rings (SSSR count). The number of furan rings is 1. The molecule has 148 valence electrons. The zero-order chi connectivity index (χ0) is 20.7. The van der Waals surface area contributed by atoms with Gasteiger partial charge >= 0.3 is 6.61 Å². The van der Waals surface area contributed by atoms with Gasteiger partial charge in [0, 0.05) is 35.6 Å². The largest absolute Gasteiger partial charge is 0.452 e. The molecular formula is C18H9Cl2F2N3O4. The number of nitrogens with zero attached hydrogens (tertiary/aromatic N) is 3. The van der Waals surface area contributed by atoms with E-state index >= 15 is 0 Å². The standard InChI is InChI=1S/C18H9Cl2F2N3O4/c19-10-6-24-7-11(20)15(10)25(27)17(26)8-1-2-13(29-18(21)22)16-14(8)9-5-23-4-3-12(9)28-16/h1-7,18,27H. The second-order valence-corrected chi connectivity index (χ2v) is 6.55. The van der Waals surface area contributed by atoms with E-state index in [0.29, 0.717) is 11.0 Å². The van der Waals surface area contributed by atoms with Crippen LogP contribution in [0.1, 0.15) is 10.4 Å². The number of hydrogen-bond donors (Lipinski definition) is 1. The third kappa shape index (κ3) is 3.33. The van der Waals surface area contributed by atoms with Crippen molar-refractivity contribution in [1.82, 2.24) is 9.97 Å². The molecule has 11 heteroatoms. The quantitative estimate of drug-likeness (QED) is 0.341. The van der Waals surface area contributed by atoms with Crippen molar-refractivity contribution in [3.63, 3.8) is 0 Å². The van der Waals surface area contributed by atoms with Crippen LogP contribution in [0.25, 0.3) is 21.9 Å². The van der Waals surface area contributed by atoms with E-state index in [0.717, 1.165) is 6.07 Å². The number of carbonyl (C=O) groups is 1. The van der Waals surface area contributed by atoms with Crippen LogP contribution in [0.2, 0.25) is 10.0 Å². The predicted octanol–water partition coefficient (Wildman–Crippen LogP) is 5.32. The van der Waals surface area contributed by atoms with Gasteiger partial charge in [0.15, 0.2) is 11.3 Å². The average Bonchev–Trinajstić information content (AvgIpc) is 3.07. The van der Waals surface area contributed by atoms with E-state index in [1.165, 1.54) is 36.9 Å². The summed E-state index contributed by atoms with van der Waals surface area (Å²) < 4.78 is 35.6. The lowest BCUT2D eigenvalue weighted by molar-refractivity contribution is -0.0493. The molecule has 7 nitrogen and oxygen atoms in total. The van der Waals surface area contributed by atoms with Crippen LogP contribution in [-0.4, -0.2) is 27.7 Å². The zero-order valence-corrected chi connectivity index (χ0v) is 15.7. The van der Waals surface area contributed by atoms with Crippen molar-refractivity contribution >= 4 is 56.7 Å². The van der Waals surface area contributed by atoms with Crippen molar-refractivity contribution < 1.29 is 27.9 Å². The maximum Gasteiger partial charge on any atom is 0.387 e. The maximum atomic E-state index is 13.0. The molecule has 0 radical (unpaired) electrons. The topological polar surface area (TPSA) is 88.7 Å². The molecule has 0 aliphatic carbocycles. The van der Waals surface area contributed by atoms with Crippen LogP contribution in [0.15, 0.2) is 47.4 Å². The first kappa shape index (κ1) is 19.3. The van der Waals surface area contributed by atoms with Crippen molar-refractivity contribution in [3.8, 4) is 5.75 Å². The van der Waals surface area contributed by atoms with Crippen LogP contribution in [0, 0.1) is 0 Å². The Kier molecular flexibility index (Phi) is 4.95. The molecule has 0 aliphatic heterocycles. The summed E-state index contributed by atoms with van der Waals surface area (Å²) in [6.07, 6.45) is 5.24. The van der Waals surface area contributed by atoms with E-state index in [4.69, 9.17) is 27.6 Å². The summed E-state index contributed by atoms with van der Waals surface area (Å²) in [5.41, 5.74) is -0.0570. The number of pyridine rings is 2. The summed E-state index contributed by atoms with van der Waals surface area (Å²) in [4.78, 5) is 20.8. The van der Waals surface area contributed by atoms with E-state index in [-0.39, 0.29) is 43.1 Å². The molecule has 0 saturated heterocycles. The Balaban J connectivity index is 1.93. The molecule has 29 heavy (non-hydrogen) atoms. The fraction of sp³-hybridized carbons (Fsp3) is 0.0556. The lowest BCUT2D eigenvalue weighted by Gasteiger charge is -2.18. The summed E-state index contributed by atoms with van der Waals surface area (Å²) >= 11 is 12.0. The van der Waals surface area contributed by atoms with Gasteiger partial charge in [-0.2, -0.15) is 13.8 Å². The van der Waals surface area contributed by atoms with Gasteiger partial charge in [0.25, 0.3) is 5.91 Å². The van der Waals surface area contributed by atoms with Gasteiger partial charge < -0.3 is 9.15 Å². The van der Waals surface area contributed by atoms with E-state index in [9.17, 15) is 18.8 Å². The van der Waals surface area contributed by atoms with Crippen molar-refractivity contribution in [2.75, 3.05) is 5.06 Å². The van der Waals surface area contributed by atoms with Crippen LogP contribution < -0.4 is 9.80 Å². The summed E-state index contributed by atoms with van der Waals surface area (Å²) in [7, 11) is 0. The molecule has 3 aromatic heterocycles. The number of carbonyl (C=O) groups excluding carboxylic acids is 1. The highest BCUT2D eigenvalue weighted by Crippen LogP contribution is 2.39. The van der Waals surface area contributed by atoms with Crippen molar-refractivity contribution in [1.29, 1.82) is 0 Å². The normalized spacial score (nSPS) is 11.4. The first-order valence-corrected chi connectivity index (χ1v) is 8.70. The van der Waals surface area contributed by atoms with Gasteiger partial charge in [0.05, 0.1) is 15.6 Å². The van der Waals surface area contributed by atoms with Gasteiger partial charge in [0.1, 0.15) is 11.3 Å². The summed E-state index contributed by atoms with van der Waals surface area (Å²) in [5.74, 6) is -1.20. The van der Waals surface area contributed by atoms with Crippen molar-refractivity contribution in [2.24, 2.45) is 0 Å².